The lowest BCUT2D eigenvalue weighted by molar-refractivity contribution is 0.548. The van der Waals surface area contributed by atoms with Crippen LogP contribution in [0.2, 0.25) is 0 Å². The molecule has 0 aromatic rings. The second-order valence-corrected chi connectivity index (χ2v) is 2.48. The topological polar surface area (TPSA) is 63.7 Å². The molecule has 4 N–H and O–H groups in total. The predicted octanol–water partition coefficient (Wildman–Crippen LogP) is -1.19. The summed E-state index contributed by atoms with van der Waals surface area (Å²) in [5, 5.41) is 5.78. The third kappa shape index (κ3) is 0.847. The van der Waals surface area contributed by atoms with Gasteiger partial charge in [-0.15, -0.1) is 10.6 Å². The van der Waals surface area contributed by atoms with Gasteiger partial charge in [0.2, 0.25) is 0 Å². The van der Waals surface area contributed by atoms with Gasteiger partial charge in [0.05, 0.1) is 0 Å². The van der Waals surface area contributed by atoms with Crippen LogP contribution < -0.4 is 21.9 Å². The molecule has 0 amide bonds. The lowest BCUT2D eigenvalue weighted by Gasteiger charge is -2.13. The molecular formula is C3H6N6S. The molecule has 0 saturated carbocycles. The van der Waals surface area contributed by atoms with Crippen LogP contribution in [0.5, 0.6) is 0 Å². The van der Waals surface area contributed by atoms with Crippen LogP contribution in [0.15, 0.2) is 16.7 Å². The third-order valence-electron chi connectivity index (χ3n) is 1.01. The fraction of sp³-hybridized carbons (Fsp3) is 0. The van der Waals surface area contributed by atoms with Crippen LogP contribution >= 0.6 is 11.9 Å². The Hall–Kier alpha value is -1.08. The highest BCUT2D eigenvalue weighted by Crippen LogP contribution is 2.13. The first-order chi connectivity index (χ1) is 4.97. The fourth-order valence-corrected chi connectivity index (χ4v) is 1.17. The van der Waals surface area contributed by atoms with Gasteiger partial charge in [-0.05, 0) is 0 Å². The molecule has 0 radical (unpaired) electrons. The molecule has 6 nitrogen and oxygen atoms in total. The third-order valence-corrected chi connectivity index (χ3v) is 1.76. The van der Waals surface area contributed by atoms with E-state index in [1.165, 1.54) is 11.9 Å². The number of nitrogens with zero attached hydrogens (tertiary/aromatic N) is 2. The molecule has 0 bridgehead atoms. The van der Waals surface area contributed by atoms with Crippen molar-refractivity contribution in [1.82, 2.24) is 26.3 Å². The Morgan fingerprint density at radius 2 is 2.60 bits per heavy atom. The summed E-state index contributed by atoms with van der Waals surface area (Å²) in [5.74, 6) is 0.704. The highest BCUT2D eigenvalue weighted by atomic mass is 32.2. The van der Waals surface area contributed by atoms with Gasteiger partial charge in [-0.3, -0.25) is 10.9 Å². The maximum absolute atomic E-state index is 3.86. The molecule has 0 aliphatic carbocycles. The number of hydrogen-bond donors (Lipinski definition) is 4. The zero-order chi connectivity index (χ0) is 6.81. The van der Waals surface area contributed by atoms with E-state index in [9.17, 15) is 0 Å². The number of nitrogens with one attached hydrogen (secondary N) is 4. The Bertz CT molecular complexity index is 179. The monoisotopic (exact) mass is 158 g/mol. The van der Waals surface area contributed by atoms with E-state index in [0.29, 0.717) is 5.96 Å². The lowest BCUT2D eigenvalue weighted by Crippen LogP contribution is -2.43. The highest BCUT2D eigenvalue weighted by molar-refractivity contribution is 8.00. The molecule has 0 unspecified atom stereocenters. The van der Waals surface area contributed by atoms with Crippen molar-refractivity contribution in [3.63, 3.8) is 0 Å². The summed E-state index contributed by atoms with van der Waals surface area (Å²) in [7, 11) is 0. The fourth-order valence-electron chi connectivity index (χ4n) is 0.620. The highest BCUT2D eigenvalue weighted by Gasteiger charge is 2.15. The van der Waals surface area contributed by atoms with Crippen LogP contribution in [0.25, 0.3) is 0 Å². The Kier molecular flexibility index (Phi) is 1.29. The Balaban J connectivity index is 1.99. The lowest BCUT2D eigenvalue weighted by atomic mass is 11.0. The first kappa shape index (κ1) is 5.69. The number of guanidine groups is 1. The SMILES string of the molecule is C1=CSN(C2=NNNN2)N1. The largest absolute Gasteiger partial charge is 0.292 e. The van der Waals surface area contributed by atoms with Gasteiger partial charge in [-0.2, -0.15) is 4.41 Å². The van der Waals surface area contributed by atoms with Gasteiger partial charge < -0.3 is 0 Å². The van der Waals surface area contributed by atoms with E-state index >= 15 is 0 Å². The van der Waals surface area contributed by atoms with Gasteiger partial charge >= 0.3 is 0 Å². The molecule has 0 spiro atoms. The molecule has 2 heterocycles. The minimum Gasteiger partial charge on any atom is -0.292 e. The summed E-state index contributed by atoms with van der Waals surface area (Å²) in [6, 6.07) is 0. The summed E-state index contributed by atoms with van der Waals surface area (Å²) < 4.78 is 1.77. The maximum Gasteiger partial charge on any atom is 0.263 e. The van der Waals surface area contributed by atoms with Crippen molar-refractivity contribution in [3.8, 4) is 0 Å². The Labute approximate surface area is 61.8 Å². The zero-order valence-electron chi connectivity index (χ0n) is 4.96. The summed E-state index contributed by atoms with van der Waals surface area (Å²) >= 11 is 1.51. The average molecular weight is 158 g/mol. The van der Waals surface area contributed by atoms with Crippen LogP contribution in [0.4, 0.5) is 0 Å². The molecular weight excluding hydrogens is 152 g/mol. The van der Waals surface area contributed by atoms with Gasteiger partial charge in [0.25, 0.3) is 5.96 Å². The molecule has 10 heavy (non-hydrogen) atoms. The molecule has 0 fully saturated rings. The smallest absolute Gasteiger partial charge is 0.263 e. The minimum atomic E-state index is 0.704. The van der Waals surface area contributed by atoms with Crippen LogP contribution in [0.1, 0.15) is 0 Å². The molecule has 2 rings (SSSR count). The van der Waals surface area contributed by atoms with E-state index < -0.39 is 0 Å². The maximum atomic E-state index is 3.86. The van der Waals surface area contributed by atoms with Crippen LogP contribution in [0, 0.1) is 0 Å². The molecule has 0 aromatic carbocycles. The molecule has 0 saturated heterocycles. The minimum absolute atomic E-state index is 0.704. The number of hydrazone groups is 1. The molecule has 54 valence electrons. The van der Waals surface area contributed by atoms with Gasteiger partial charge in [0.1, 0.15) is 0 Å². The van der Waals surface area contributed by atoms with E-state index in [0.717, 1.165) is 0 Å². The quantitative estimate of drug-likeness (QED) is 0.332. The van der Waals surface area contributed by atoms with Gasteiger partial charge in [-0.25, -0.2) is 5.53 Å². The van der Waals surface area contributed by atoms with Crippen molar-refractivity contribution in [2.75, 3.05) is 0 Å². The number of rotatable bonds is 0. The van der Waals surface area contributed by atoms with Crippen molar-refractivity contribution >= 4 is 17.9 Å². The van der Waals surface area contributed by atoms with Crippen LogP contribution in [0.3, 0.4) is 0 Å². The second-order valence-electron chi connectivity index (χ2n) is 1.63. The summed E-state index contributed by atoms with van der Waals surface area (Å²) in [4.78, 5) is 0. The van der Waals surface area contributed by atoms with Crippen molar-refractivity contribution in [2.24, 2.45) is 5.10 Å². The molecule has 2 aliphatic rings. The predicted molar refractivity (Wildman–Crippen MR) is 38.5 cm³/mol. The van der Waals surface area contributed by atoms with E-state index in [4.69, 9.17) is 0 Å². The van der Waals surface area contributed by atoms with Crippen molar-refractivity contribution in [3.05, 3.63) is 11.6 Å². The van der Waals surface area contributed by atoms with Crippen molar-refractivity contribution in [2.45, 2.75) is 0 Å². The summed E-state index contributed by atoms with van der Waals surface area (Å²) in [6.07, 6.45) is 1.83. The van der Waals surface area contributed by atoms with Crippen LogP contribution in [-0.4, -0.2) is 10.4 Å². The number of hydrogen-bond acceptors (Lipinski definition) is 7. The second kappa shape index (κ2) is 2.27. The van der Waals surface area contributed by atoms with Gasteiger partial charge in [-0.1, -0.05) is 0 Å². The molecule has 7 heteroatoms. The normalized spacial score (nSPS) is 21.6. The zero-order valence-corrected chi connectivity index (χ0v) is 5.77. The standard InChI is InChI=1S/C3H6N6S/c1-2-10-9(4-1)3-5-7-8-6-3/h1-2,4,7-8H,(H,5,6). The Morgan fingerprint density at radius 1 is 1.60 bits per heavy atom. The number of hydrazine groups is 3. The van der Waals surface area contributed by atoms with E-state index in [1.807, 2.05) is 11.6 Å². The summed E-state index contributed by atoms with van der Waals surface area (Å²) in [5.41, 5.74) is 10.9. The van der Waals surface area contributed by atoms with Crippen molar-refractivity contribution in [1.29, 1.82) is 0 Å². The Morgan fingerprint density at radius 3 is 3.20 bits per heavy atom. The first-order valence-corrected chi connectivity index (χ1v) is 3.52. The van der Waals surface area contributed by atoms with E-state index in [2.05, 4.69) is 27.0 Å². The first-order valence-electron chi connectivity index (χ1n) is 2.68. The van der Waals surface area contributed by atoms with E-state index in [1.54, 1.807) is 4.41 Å². The van der Waals surface area contributed by atoms with Crippen molar-refractivity contribution < 1.29 is 0 Å². The van der Waals surface area contributed by atoms with Gasteiger partial charge in [0, 0.05) is 23.6 Å². The molecule has 0 aromatic heterocycles. The van der Waals surface area contributed by atoms with E-state index in [-0.39, 0.29) is 0 Å². The molecule has 2 aliphatic heterocycles. The average Bonchev–Trinajstić information content (AvgIpc) is 2.59. The van der Waals surface area contributed by atoms with Crippen LogP contribution in [-0.2, 0) is 0 Å². The molecule has 0 atom stereocenters. The summed E-state index contributed by atoms with van der Waals surface area (Å²) in [6.45, 7) is 0. The van der Waals surface area contributed by atoms with Gasteiger partial charge in [0.15, 0.2) is 0 Å².